The molecule has 2 heterocycles. The minimum absolute atomic E-state index is 0. The smallest absolute Gasteiger partial charge is 0.550 e. The number of nitrogens with two attached hydrogens (primary N) is 2. The largest absolute Gasteiger partial charge is 2.00 e. The van der Waals surface area contributed by atoms with Crippen molar-refractivity contribution in [3.63, 3.8) is 0 Å². The summed E-state index contributed by atoms with van der Waals surface area (Å²) in [5.41, 5.74) is 0. The van der Waals surface area contributed by atoms with Crippen LogP contribution < -0.4 is 41.3 Å². The van der Waals surface area contributed by atoms with Gasteiger partial charge in [-0.2, -0.15) is 0 Å². The third kappa shape index (κ3) is 380. The van der Waals surface area contributed by atoms with Crippen LogP contribution in [0.3, 0.4) is 0 Å². The molecule has 0 aromatic carbocycles. The Morgan fingerprint density at radius 2 is 0.474 bits per heavy atom. The van der Waals surface area contributed by atoms with Crippen LogP contribution in [0.25, 0.3) is 0 Å². The van der Waals surface area contributed by atoms with Crippen LogP contribution in [0.15, 0.2) is 0 Å². The number of piperidine rings is 2. The molecule has 4 N–H and O–H groups in total. The summed E-state index contributed by atoms with van der Waals surface area (Å²) in [7, 11) is 0. The summed E-state index contributed by atoms with van der Waals surface area (Å²) in [5.74, 6) is -6.50. The third-order valence-electron chi connectivity index (χ3n) is 2.63. The van der Waals surface area contributed by atoms with Gasteiger partial charge in [-0.3, -0.25) is 0 Å². The van der Waals surface area contributed by atoms with Crippen molar-refractivity contribution >= 4 is 35.8 Å². The first-order valence-electron chi connectivity index (χ1n) is 11.1. The molecule has 2 saturated heterocycles. The molecule has 0 spiro atoms. The normalized spacial score (nSPS) is 11.5. The van der Waals surface area contributed by atoms with Gasteiger partial charge >= 0.3 is 34.1 Å². The van der Waals surface area contributed by atoms with Crippen LogP contribution in [0.2, 0.25) is 0 Å². The number of hydrogen-bond acceptors (Lipinski definition) is 12. The van der Waals surface area contributed by atoms with Gasteiger partial charge in [-0.25, -0.2) is 0 Å². The van der Waals surface area contributed by atoms with Crippen LogP contribution >= 0.6 is 0 Å². The summed E-state index contributed by atoms with van der Waals surface area (Å²) in [6, 6.07) is 0. The van der Waals surface area contributed by atoms with E-state index < -0.39 is 35.8 Å². The molecule has 2 rings (SSSR count). The van der Waals surface area contributed by atoms with E-state index >= 15 is 0 Å². The number of hydrogen-bond donors (Lipinski definition) is 2. The molecule has 0 atom stereocenters. The van der Waals surface area contributed by atoms with E-state index in [4.69, 9.17) is 59.4 Å². The van der Waals surface area contributed by atoms with E-state index in [1.165, 1.54) is 64.7 Å². The maximum absolute atomic E-state index is 8.89. The third-order valence-corrected chi connectivity index (χ3v) is 2.63. The Balaban J connectivity index is -0.0000000452. The molecule has 0 aromatic heterocycles. The van der Waals surface area contributed by atoms with Gasteiger partial charge in [-0.1, -0.05) is 0 Å². The molecule has 234 valence electrons. The topological polar surface area (TPSA) is 274 Å². The summed E-state index contributed by atoms with van der Waals surface area (Å²) in [6.07, 6.45) is 8.72. The number of carbonyl (C=O) groups excluding carboxylic acids is 6. The molecule has 16 heteroatoms. The quantitative estimate of drug-likeness (QED) is 0.231. The monoisotopic (exact) mass is 652 g/mol. The minimum atomic E-state index is -1.08. The molecule has 38 heavy (non-hydrogen) atoms. The first kappa shape index (κ1) is 56.1. The van der Waals surface area contributed by atoms with Crippen LogP contribution in [0.5, 0.6) is 0 Å². The van der Waals surface area contributed by atoms with Gasteiger partial charge < -0.3 is 70.0 Å². The van der Waals surface area contributed by atoms with Crippen molar-refractivity contribution in [2.45, 2.75) is 80.1 Å². The van der Waals surface area contributed by atoms with Crippen molar-refractivity contribution in [1.82, 2.24) is 0 Å². The fraction of sp³-hybridized carbons (Fsp3) is 0.727. The Morgan fingerprint density at radius 1 is 0.368 bits per heavy atom. The SMILES string of the molecule is C1CC[NH2+]CC1.C1CC[NH2+]CC1.CC(=O)[O-].CC(=O)[O-].CC(=O)[O-].CC(=O)[O-].CC(=O)[O-].CC(=O)[O-].[Cu+2].[Cu+2]. The van der Waals surface area contributed by atoms with Crippen LogP contribution in [0, 0.1) is 0 Å². The standard InChI is InChI=1S/2C5H11N.6C2H4O2.2Cu/c2*1-2-4-6-5-3-1;6*1-2(3)4;;/h2*6H,1-5H2;6*1H3,(H,3,4);;/q;;;;;;;;2*+2/p-4. The number of carboxylic acid groups (broad SMARTS) is 6. The maximum Gasteiger partial charge on any atom is 2.00 e. The van der Waals surface area contributed by atoms with E-state index in [1.54, 1.807) is 0 Å². The average Bonchev–Trinajstić information content (AvgIpc) is 2.69. The van der Waals surface area contributed by atoms with E-state index in [9.17, 15) is 0 Å². The zero-order chi connectivity index (χ0) is 29.9. The van der Waals surface area contributed by atoms with Gasteiger partial charge in [0, 0.05) is 35.8 Å². The molecule has 0 aromatic rings. The average molecular weight is 654 g/mol. The number of aliphatic carboxylic acids is 6. The van der Waals surface area contributed by atoms with Crippen molar-refractivity contribution in [2.24, 2.45) is 0 Å². The molecule has 0 amide bonds. The predicted octanol–water partition coefficient (Wildman–Crippen LogP) is -8.00. The van der Waals surface area contributed by atoms with E-state index in [0.717, 1.165) is 41.5 Å². The summed E-state index contributed by atoms with van der Waals surface area (Å²) >= 11 is 0. The summed E-state index contributed by atoms with van der Waals surface area (Å²) in [5, 5.41) is 58.1. The molecule has 14 nitrogen and oxygen atoms in total. The molecular formula is C22H42Cu2N2O12. The van der Waals surface area contributed by atoms with Gasteiger partial charge in [0.05, 0.1) is 26.2 Å². The maximum atomic E-state index is 8.89. The summed E-state index contributed by atoms with van der Waals surface area (Å²) in [6.45, 7) is 11.3. The van der Waals surface area contributed by atoms with Crippen LogP contribution in [-0.4, -0.2) is 62.0 Å². The first-order valence-corrected chi connectivity index (χ1v) is 11.1. The second kappa shape index (κ2) is 51.4. The molecule has 2 radical (unpaired) electrons. The second-order valence-corrected chi connectivity index (χ2v) is 6.80. The van der Waals surface area contributed by atoms with Gasteiger partial charge in [0.2, 0.25) is 0 Å². The van der Waals surface area contributed by atoms with Gasteiger partial charge in [-0.15, -0.1) is 0 Å². The fourth-order valence-electron chi connectivity index (χ4n) is 1.80. The molecule has 2 fully saturated rings. The molecule has 2 aliphatic heterocycles. The van der Waals surface area contributed by atoms with Crippen LogP contribution in [0.1, 0.15) is 80.1 Å². The Bertz CT molecular complexity index is 406. The molecule has 2 aliphatic rings. The Kier molecular flexibility index (Phi) is 75.9. The minimum Gasteiger partial charge on any atom is -0.550 e. The summed E-state index contributed by atoms with van der Waals surface area (Å²) in [4.78, 5) is 53.3. The zero-order valence-electron chi connectivity index (χ0n) is 22.7. The van der Waals surface area contributed by atoms with Gasteiger partial charge in [0.25, 0.3) is 0 Å². The molecule has 0 unspecified atom stereocenters. The fourth-order valence-corrected chi connectivity index (χ4v) is 1.80. The Labute approximate surface area is 245 Å². The molecule has 0 saturated carbocycles. The van der Waals surface area contributed by atoms with E-state index in [-0.39, 0.29) is 34.1 Å². The van der Waals surface area contributed by atoms with Gasteiger partial charge in [-0.05, 0) is 80.1 Å². The van der Waals surface area contributed by atoms with Crippen molar-refractivity contribution in [3.8, 4) is 0 Å². The van der Waals surface area contributed by atoms with Crippen molar-refractivity contribution < 1.29 is 104 Å². The van der Waals surface area contributed by atoms with E-state index in [2.05, 4.69) is 10.6 Å². The summed E-state index contributed by atoms with van der Waals surface area (Å²) < 4.78 is 0. The van der Waals surface area contributed by atoms with Crippen molar-refractivity contribution in [1.29, 1.82) is 0 Å². The van der Waals surface area contributed by atoms with E-state index in [1.807, 2.05) is 0 Å². The zero-order valence-corrected chi connectivity index (χ0v) is 24.6. The number of quaternary nitrogens is 2. The van der Waals surface area contributed by atoms with Gasteiger partial charge in [0.15, 0.2) is 0 Å². The molecule has 0 aliphatic carbocycles. The molecular weight excluding hydrogens is 611 g/mol. The van der Waals surface area contributed by atoms with Crippen LogP contribution in [0.4, 0.5) is 0 Å². The number of carboxylic acids is 6. The van der Waals surface area contributed by atoms with Crippen molar-refractivity contribution in [3.05, 3.63) is 0 Å². The number of rotatable bonds is 0. The second-order valence-electron chi connectivity index (χ2n) is 6.80. The van der Waals surface area contributed by atoms with Gasteiger partial charge in [0.1, 0.15) is 0 Å². The first-order chi connectivity index (χ1) is 16.4. The molecule has 0 bridgehead atoms. The Morgan fingerprint density at radius 3 is 0.500 bits per heavy atom. The van der Waals surface area contributed by atoms with Crippen LogP contribution in [-0.2, 0) is 62.9 Å². The predicted molar refractivity (Wildman–Crippen MR) is 115 cm³/mol. The Hall–Kier alpha value is -2.22. The van der Waals surface area contributed by atoms with Crippen molar-refractivity contribution in [2.75, 3.05) is 26.2 Å². The number of carbonyl (C=O) groups is 6. The van der Waals surface area contributed by atoms with E-state index in [0.29, 0.717) is 0 Å².